The summed E-state index contributed by atoms with van der Waals surface area (Å²) in [5.41, 5.74) is 0. The number of ether oxygens (including phenoxy) is 3. The average Bonchev–Trinajstić information content (AvgIpc) is 2.65. The lowest BCUT2D eigenvalue weighted by atomic mass is 10.1. The highest BCUT2D eigenvalue weighted by Crippen LogP contribution is 2.11. The van der Waals surface area contributed by atoms with E-state index in [0.29, 0.717) is 6.61 Å². The molecule has 5 nitrogen and oxygen atoms in total. The monoisotopic (exact) mass is 400 g/mol. The predicted octanol–water partition coefficient (Wildman–Crippen LogP) is 5.98. The van der Waals surface area contributed by atoms with Crippen LogP contribution in [0.25, 0.3) is 0 Å². The quantitative estimate of drug-likeness (QED) is 0.186. The van der Waals surface area contributed by atoms with Gasteiger partial charge in [-0.25, -0.2) is 9.59 Å². The minimum atomic E-state index is -0.435. The van der Waals surface area contributed by atoms with Crippen molar-refractivity contribution in [1.82, 2.24) is 0 Å². The van der Waals surface area contributed by atoms with Crippen molar-refractivity contribution in [3.05, 3.63) is 0 Å². The van der Waals surface area contributed by atoms with Crippen LogP contribution in [-0.4, -0.2) is 37.9 Å². The van der Waals surface area contributed by atoms with Gasteiger partial charge in [-0.3, -0.25) is 0 Å². The van der Waals surface area contributed by atoms with Gasteiger partial charge in [0, 0.05) is 0 Å². The van der Waals surface area contributed by atoms with Gasteiger partial charge in [-0.1, -0.05) is 90.9 Å². The Labute approximate surface area is 172 Å². The Bertz CT molecular complexity index is 370. The fraction of sp³-hybridized carbons (Fsp3) is 0.913. The number of carbonyl (C=O) groups is 2. The standard InChI is InChI=1S/C23H44O5/c1-4-6-7-8-9-10-11-12-13-14-15-16-18-27-22(24)19-26-20-23(25)28-21(3)17-5-2/h21H,4-20H2,1-3H3. The molecular weight excluding hydrogens is 356 g/mol. The molecular formula is C23H44O5. The zero-order valence-corrected chi connectivity index (χ0v) is 18.6. The Morgan fingerprint density at radius 1 is 0.679 bits per heavy atom. The number of carbonyl (C=O) groups excluding carboxylic acids is 2. The smallest absolute Gasteiger partial charge is 0.332 e. The van der Waals surface area contributed by atoms with Crippen LogP contribution in [0, 0.1) is 0 Å². The maximum atomic E-state index is 11.6. The predicted molar refractivity (Wildman–Crippen MR) is 113 cm³/mol. The Hall–Kier alpha value is -1.10. The first-order valence-corrected chi connectivity index (χ1v) is 11.5. The van der Waals surface area contributed by atoms with Gasteiger partial charge in [0.15, 0.2) is 0 Å². The highest BCUT2D eigenvalue weighted by molar-refractivity contribution is 5.73. The molecule has 0 radical (unpaired) electrons. The molecule has 166 valence electrons. The summed E-state index contributed by atoms with van der Waals surface area (Å²) in [5, 5.41) is 0. The van der Waals surface area contributed by atoms with E-state index in [4.69, 9.17) is 14.2 Å². The molecule has 0 aliphatic carbocycles. The summed E-state index contributed by atoms with van der Waals surface area (Å²) >= 11 is 0. The van der Waals surface area contributed by atoms with Crippen molar-refractivity contribution in [3.63, 3.8) is 0 Å². The van der Waals surface area contributed by atoms with Crippen molar-refractivity contribution in [2.75, 3.05) is 19.8 Å². The lowest BCUT2D eigenvalue weighted by Gasteiger charge is -2.12. The van der Waals surface area contributed by atoms with Crippen molar-refractivity contribution >= 4 is 11.9 Å². The highest BCUT2D eigenvalue weighted by Gasteiger charge is 2.10. The van der Waals surface area contributed by atoms with Crippen LogP contribution in [0.4, 0.5) is 0 Å². The summed E-state index contributed by atoms with van der Waals surface area (Å²) < 4.78 is 15.3. The Kier molecular flexibility index (Phi) is 19.8. The van der Waals surface area contributed by atoms with E-state index < -0.39 is 11.9 Å². The fourth-order valence-electron chi connectivity index (χ4n) is 3.11. The van der Waals surface area contributed by atoms with Gasteiger partial charge in [-0.05, 0) is 19.8 Å². The summed E-state index contributed by atoms with van der Waals surface area (Å²) in [6.07, 6.45) is 17.0. The normalized spacial score (nSPS) is 12.0. The van der Waals surface area contributed by atoms with Crippen LogP contribution < -0.4 is 0 Å². The van der Waals surface area contributed by atoms with Crippen LogP contribution in [0.2, 0.25) is 0 Å². The van der Waals surface area contributed by atoms with Crippen molar-refractivity contribution in [2.45, 2.75) is 117 Å². The molecule has 0 spiro atoms. The van der Waals surface area contributed by atoms with Crippen molar-refractivity contribution in [1.29, 1.82) is 0 Å². The number of unbranched alkanes of at least 4 members (excludes halogenated alkanes) is 11. The van der Waals surface area contributed by atoms with Crippen molar-refractivity contribution < 1.29 is 23.8 Å². The topological polar surface area (TPSA) is 61.8 Å². The second-order valence-corrected chi connectivity index (χ2v) is 7.69. The molecule has 0 rings (SSSR count). The average molecular weight is 401 g/mol. The van der Waals surface area contributed by atoms with Crippen molar-refractivity contribution in [3.8, 4) is 0 Å². The first kappa shape index (κ1) is 26.9. The zero-order chi connectivity index (χ0) is 20.9. The van der Waals surface area contributed by atoms with Crippen molar-refractivity contribution in [2.24, 2.45) is 0 Å². The van der Waals surface area contributed by atoms with Gasteiger partial charge in [-0.2, -0.15) is 0 Å². The maximum Gasteiger partial charge on any atom is 0.332 e. The molecule has 28 heavy (non-hydrogen) atoms. The highest BCUT2D eigenvalue weighted by atomic mass is 16.6. The van der Waals surface area contributed by atoms with E-state index >= 15 is 0 Å². The van der Waals surface area contributed by atoms with Gasteiger partial charge in [0.1, 0.15) is 13.2 Å². The summed E-state index contributed by atoms with van der Waals surface area (Å²) in [5.74, 6) is -0.854. The number of rotatable bonds is 20. The summed E-state index contributed by atoms with van der Waals surface area (Å²) in [4.78, 5) is 23.0. The first-order valence-electron chi connectivity index (χ1n) is 11.5. The van der Waals surface area contributed by atoms with Gasteiger partial charge < -0.3 is 14.2 Å². The third-order valence-electron chi connectivity index (χ3n) is 4.73. The van der Waals surface area contributed by atoms with E-state index in [1.165, 1.54) is 64.2 Å². The Morgan fingerprint density at radius 3 is 1.71 bits per heavy atom. The molecule has 0 N–H and O–H groups in total. The Morgan fingerprint density at radius 2 is 1.18 bits per heavy atom. The Balaban J connectivity index is 3.32. The van der Waals surface area contributed by atoms with E-state index in [1.54, 1.807) is 0 Å². The van der Waals surface area contributed by atoms with E-state index in [-0.39, 0.29) is 19.3 Å². The maximum absolute atomic E-state index is 11.6. The van der Waals surface area contributed by atoms with Gasteiger partial charge in [0.2, 0.25) is 0 Å². The van der Waals surface area contributed by atoms with E-state index in [2.05, 4.69) is 6.92 Å². The molecule has 0 saturated heterocycles. The third kappa shape index (κ3) is 19.7. The fourth-order valence-corrected chi connectivity index (χ4v) is 3.11. The molecule has 0 aliphatic rings. The first-order chi connectivity index (χ1) is 13.6. The minimum Gasteiger partial charge on any atom is -0.464 e. The molecule has 0 saturated carbocycles. The molecule has 0 fully saturated rings. The minimum absolute atomic E-state index is 0.112. The van der Waals surface area contributed by atoms with Crippen LogP contribution in [0.1, 0.15) is 111 Å². The molecule has 0 aromatic heterocycles. The van der Waals surface area contributed by atoms with Crippen LogP contribution >= 0.6 is 0 Å². The van der Waals surface area contributed by atoms with Gasteiger partial charge in [0.25, 0.3) is 0 Å². The number of hydrogen-bond donors (Lipinski definition) is 0. The summed E-state index contributed by atoms with van der Waals surface area (Å²) in [6.45, 7) is 6.16. The lowest BCUT2D eigenvalue weighted by Crippen LogP contribution is -2.22. The second-order valence-electron chi connectivity index (χ2n) is 7.69. The molecule has 0 aliphatic heterocycles. The largest absolute Gasteiger partial charge is 0.464 e. The van der Waals surface area contributed by atoms with Crippen LogP contribution in [0.3, 0.4) is 0 Å². The van der Waals surface area contributed by atoms with Crippen LogP contribution in [0.15, 0.2) is 0 Å². The molecule has 0 amide bonds. The molecule has 1 unspecified atom stereocenters. The summed E-state index contributed by atoms with van der Waals surface area (Å²) in [6, 6.07) is 0. The van der Waals surface area contributed by atoms with Gasteiger partial charge >= 0.3 is 11.9 Å². The lowest BCUT2D eigenvalue weighted by molar-refractivity contribution is -0.158. The summed E-state index contributed by atoms with van der Waals surface area (Å²) in [7, 11) is 0. The third-order valence-corrected chi connectivity index (χ3v) is 4.73. The molecule has 5 heteroatoms. The molecule has 0 aromatic rings. The number of esters is 2. The van der Waals surface area contributed by atoms with E-state index in [9.17, 15) is 9.59 Å². The zero-order valence-electron chi connectivity index (χ0n) is 18.6. The SMILES string of the molecule is CCCCCCCCCCCCCCOC(=O)COCC(=O)OC(C)CCC. The number of hydrogen-bond acceptors (Lipinski definition) is 5. The molecule has 0 aromatic carbocycles. The van der Waals surface area contributed by atoms with Gasteiger partial charge in [-0.15, -0.1) is 0 Å². The van der Waals surface area contributed by atoms with Crippen LogP contribution in [-0.2, 0) is 23.8 Å². The molecule has 0 bridgehead atoms. The van der Waals surface area contributed by atoms with Gasteiger partial charge in [0.05, 0.1) is 12.7 Å². The van der Waals surface area contributed by atoms with E-state index in [1.807, 2.05) is 13.8 Å². The van der Waals surface area contributed by atoms with Crippen LogP contribution in [0.5, 0.6) is 0 Å². The second kappa shape index (κ2) is 20.6. The molecule has 0 heterocycles. The molecule has 1 atom stereocenters. The van der Waals surface area contributed by atoms with E-state index in [0.717, 1.165) is 25.7 Å².